The van der Waals surface area contributed by atoms with Crippen LogP contribution < -0.4 is 0 Å². The Bertz CT molecular complexity index is 360. The summed E-state index contributed by atoms with van der Waals surface area (Å²) in [6, 6.07) is 8.56. The summed E-state index contributed by atoms with van der Waals surface area (Å²) in [6.45, 7) is 0. The van der Waals surface area contributed by atoms with Gasteiger partial charge in [0.25, 0.3) is 0 Å². The molecule has 0 aliphatic carbocycles. The number of ether oxygens (including phenoxy) is 3. The van der Waals surface area contributed by atoms with Crippen LogP contribution in [0.3, 0.4) is 0 Å². The molecule has 0 saturated heterocycles. The predicted molar refractivity (Wildman–Crippen MR) is 54.7 cm³/mol. The first-order valence-electron chi connectivity index (χ1n) is 4.56. The molecule has 86 valence electrons. The number of benzene rings is 1. The van der Waals surface area contributed by atoms with Crippen molar-refractivity contribution in [2.45, 2.75) is 6.10 Å². The topological polar surface area (TPSA) is 61.8 Å². The van der Waals surface area contributed by atoms with E-state index in [1.54, 1.807) is 30.3 Å². The van der Waals surface area contributed by atoms with Gasteiger partial charge in [-0.3, -0.25) is 0 Å². The third-order valence-electron chi connectivity index (χ3n) is 1.90. The summed E-state index contributed by atoms with van der Waals surface area (Å²) in [5.41, 5.74) is 0.528. The van der Waals surface area contributed by atoms with Gasteiger partial charge < -0.3 is 14.2 Å². The highest BCUT2D eigenvalue weighted by atomic mass is 16.7. The second-order valence-corrected chi connectivity index (χ2v) is 2.89. The number of carbonyl (C=O) groups excluding carboxylic acids is 2. The fourth-order valence-corrected chi connectivity index (χ4v) is 1.13. The van der Waals surface area contributed by atoms with E-state index in [1.165, 1.54) is 14.2 Å². The molecule has 0 unspecified atom stereocenters. The van der Waals surface area contributed by atoms with Gasteiger partial charge in [0, 0.05) is 5.56 Å². The van der Waals surface area contributed by atoms with Gasteiger partial charge in [0.2, 0.25) is 6.10 Å². The molecule has 1 rings (SSSR count). The molecule has 0 aromatic heterocycles. The molecular formula is C11H12O5. The number of esters is 1. The van der Waals surface area contributed by atoms with Crippen molar-refractivity contribution in [1.29, 1.82) is 0 Å². The van der Waals surface area contributed by atoms with Crippen molar-refractivity contribution in [3.05, 3.63) is 35.9 Å². The molecule has 0 N–H and O–H groups in total. The maximum Gasteiger partial charge on any atom is 0.509 e. The SMILES string of the molecule is COC(=O)O[C@@H](C(=O)OC)c1ccccc1. The molecule has 0 heterocycles. The summed E-state index contributed by atoms with van der Waals surface area (Å²) in [5.74, 6) is -0.656. The zero-order chi connectivity index (χ0) is 12.0. The van der Waals surface area contributed by atoms with Gasteiger partial charge in [0.05, 0.1) is 14.2 Å². The first-order chi connectivity index (χ1) is 7.69. The van der Waals surface area contributed by atoms with Crippen LogP contribution in [0, 0.1) is 0 Å². The van der Waals surface area contributed by atoms with Gasteiger partial charge in [0.1, 0.15) is 0 Å². The minimum Gasteiger partial charge on any atom is -0.466 e. The van der Waals surface area contributed by atoms with Crippen molar-refractivity contribution in [3.8, 4) is 0 Å². The lowest BCUT2D eigenvalue weighted by atomic mass is 10.1. The molecule has 0 radical (unpaired) electrons. The molecule has 1 aromatic rings. The highest BCUT2D eigenvalue weighted by molar-refractivity contribution is 5.78. The van der Waals surface area contributed by atoms with Crippen molar-refractivity contribution in [1.82, 2.24) is 0 Å². The van der Waals surface area contributed by atoms with Crippen molar-refractivity contribution in [2.75, 3.05) is 14.2 Å². The Labute approximate surface area is 92.9 Å². The maximum atomic E-state index is 11.4. The van der Waals surface area contributed by atoms with Crippen LogP contribution in [0.5, 0.6) is 0 Å². The van der Waals surface area contributed by atoms with E-state index in [2.05, 4.69) is 9.47 Å². The fraction of sp³-hybridized carbons (Fsp3) is 0.273. The Morgan fingerprint density at radius 2 is 1.69 bits per heavy atom. The molecule has 16 heavy (non-hydrogen) atoms. The number of rotatable bonds is 3. The van der Waals surface area contributed by atoms with E-state index in [4.69, 9.17) is 4.74 Å². The van der Waals surface area contributed by atoms with Crippen LogP contribution in [-0.2, 0) is 19.0 Å². The molecule has 0 aliphatic rings. The van der Waals surface area contributed by atoms with E-state index in [1.807, 2.05) is 0 Å². The monoisotopic (exact) mass is 224 g/mol. The van der Waals surface area contributed by atoms with Gasteiger partial charge in [0.15, 0.2) is 0 Å². The molecule has 0 bridgehead atoms. The number of hydrogen-bond donors (Lipinski definition) is 0. The van der Waals surface area contributed by atoms with E-state index in [0.29, 0.717) is 5.56 Å². The van der Waals surface area contributed by atoms with Crippen LogP contribution in [0.4, 0.5) is 4.79 Å². The average molecular weight is 224 g/mol. The summed E-state index contributed by atoms with van der Waals surface area (Å²) in [7, 11) is 2.39. The molecule has 0 fully saturated rings. The van der Waals surface area contributed by atoms with Gasteiger partial charge in [-0.1, -0.05) is 30.3 Å². The first-order valence-corrected chi connectivity index (χ1v) is 4.56. The van der Waals surface area contributed by atoms with Gasteiger partial charge in [-0.25, -0.2) is 9.59 Å². The summed E-state index contributed by atoms with van der Waals surface area (Å²) < 4.78 is 13.7. The third kappa shape index (κ3) is 2.98. The van der Waals surface area contributed by atoms with Gasteiger partial charge in [-0.15, -0.1) is 0 Å². The highest BCUT2D eigenvalue weighted by Crippen LogP contribution is 2.19. The zero-order valence-electron chi connectivity index (χ0n) is 9.01. The Hall–Kier alpha value is -2.04. The minimum atomic E-state index is -1.10. The maximum absolute atomic E-state index is 11.4. The molecule has 0 saturated carbocycles. The van der Waals surface area contributed by atoms with Gasteiger partial charge in [-0.2, -0.15) is 0 Å². The van der Waals surface area contributed by atoms with E-state index in [-0.39, 0.29) is 0 Å². The zero-order valence-corrected chi connectivity index (χ0v) is 9.01. The molecule has 1 aromatic carbocycles. The lowest BCUT2D eigenvalue weighted by Gasteiger charge is -2.14. The summed E-state index contributed by atoms with van der Waals surface area (Å²) in [5, 5.41) is 0. The van der Waals surface area contributed by atoms with Gasteiger partial charge >= 0.3 is 12.1 Å². The number of methoxy groups -OCH3 is 2. The summed E-state index contributed by atoms with van der Waals surface area (Å²) in [4.78, 5) is 22.4. The minimum absolute atomic E-state index is 0.528. The van der Waals surface area contributed by atoms with Crippen LogP contribution in [0.25, 0.3) is 0 Å². The smallest absolute Gasteiger partial charge is 0.466 e. The van der Waals surface area contributed by atoms with Crippen molar-refractivity contribution in [2.24, 2.45) is 0 Å². The Balaban J connectivity index is 2.88. The number of carbonyl (C=O) groups is 2. The van der Waals surface area contributed by atoms with E-state index >= 15 is 0 Å². The second kappa shape index (κ2) is 5.75. The standard InChI is InChI=1S/C11H12O5/c1-14-10(12)9(16-11(13)15-2)8-6-4-3-5-7-8/h3-7,9H,1-2H3/t9-/m1/s1. The Morgan fingerprint density at radius 1 is 1.06 bits per heavy atom. The number of hydrogen-bond acceptors (Lipinski definition) is 5. The van der Waals surface area contributed by atoms with E-state index < -0.39 is 18.2 Å². The summed E-state index contributed by atoms with van der Waals surface area (Å²) in [6.07, 6.45) is -2.03. The molecule has 5 heteroatoms. The van der Waals surface area contributed by atoms with E-state index in [9.17, 15) is 9.59 Å². The molecule has 5 nitrogen and oxygen atoms in total. The molecule has 0 amide bonds. The van der Waals surface area contributed by atoms with E-state index in [0.717, 1.165) is 0 Å². The normalized spacial score (nSPS) is 11.4. The van der Waals surface area contributed by atoms with Crippen LogP contribution in [0.2, 0.25) is 0 Å². The molecule has 0 spiro atoms. The highest BCUT2D eigenvalue weighted by Gasteiger charge is 2.25. The summed E-state index contributed by atoms with van der Waals surface area (Å²) >= 11 is 0. The van der Waals surface area contributed by atoms with Crippen LogP contribution in [0.15, 0.2) is 30.3 Å². The lowest BCUT2D eigenvalue weighted by molar-refractivity contribution is -0.152. The average Bonchev–Trinajstić information content (AvgIpc) is 2.35. The molecular weight excluding hydrogens is 212 g/mol. The quantitative estimate of drug-likeness (QED) is 0.731. The molecule has 0 aliphatic heterocycles. The van der Waals surface area contributed by atoms with Crippen molar-refractivity contribution in [3.63, 3.8) is 0 Å². The van der Waals surface area contributed by atoms with Gasteiger partial charge in [-0.05, 0) is 0 Å². The first kappa shape index (κ1) is 12.0. The largest absolute Gasteiger partial charge is 0.509 e. The third-order valence-corrected chi connectivity index (χ3v) is 1.90. The van der Waals surface area contributed by atoms with Crippen molar-refractivity contribution < 1.29 is 23.8 Å². The molecule has 1 atom stereocenters. The predicted octanol–water partition coefficient (Wildman–Crippen LogP) is 1.68. The lowest BCUT2D eigenvalue weighted by Crippen LogP contribution is -2.21. The Kier molecular flexibility index (Phi) is 4.32. The van der Waals surface area contributed by atoms with Crippen LogP contribution in [0.1, 0.15) is 11.7 Å². The van der Waals surface area contributed by atoms with Crippen molar-refractivity contribution >= 4 is 12.1 Å². The second-order valence-electron chi connectivity index (χ2n) is 2.89. The Morgan fingerprint density at radius 3 is 2.19 bits per heavy atom. The fourth-order valence-electron chi connectivity index (χ4n) is 1.13. The van der Waals surface area contributed by atoms with Crippen LogP contribution >= 0.6 is 0 Å². The van der Waals surface area contributed by atoms with Crippen LogP contribution in [-0.4, -0.2) is 26.3 Å².